The first-order valence-corrected chi connectivity index (χ1v) is 6.79. The van der Waals surface area contributed by atoms with Gasteiger partial charge in [0.15, 0.2) is 5.78 Å². The van der Waals surface area contributed by atoms with Gasteiger partial charge in [0.1, 0.15) is 5.75 Å². The lowest BCUT2D eigenvalue weighted by atomic mass is 9.96. The fourth-order valence-corrected chi connectivity index (χ4v) is 2.82. The molecule has 0 radical (unpaired) electrons. The minimum absolute atomic E-state index is 0.0734. The van der Waals surface area contributed by atoms with Gasteiger partial charge in [-0.2, -0.15) is 0 Å². The molecule has 4 heteroatoms. The molecule has 98 valence electrons. The van der Waals surface area contributed by atoms with Crippen LogP contribution in [-0.4, -0.2) is 17.4 Å². The van der Waals surface area contributed by atoms with Gasteiger partial charge in [-0.15, -0.1) is 0 Å². The van der Waals surface area contributed by atoms with Crippen LogP contribution in [0, 0.1) is 0 Å². The van der Waals surface area contributed by atoms with Crippen LogP contribution >= 0.6 is 11.6 Å². The zero-order chi connectivity index (χ0) is 13.1. The van der Waals surface area contributed by atoms with Crippen LogP contribution in [0.25, 0.3) is 0 Å². The Balaban J connectivity index is 2.47. The lowest BCUT2D eigenvalue weighted by Gasteiger charge is -2.13. The predicted molar refractivity (Wildman–Crippen MR) is 72.4 cm³/mol. The Morgan fingerprint density at radius 2 is 2.06 bits per heavy atom. The number of rotatable bonds is 3. The first-order chi connectivity index (χ1) is 8.65. The van der Waals surface area contributed by atoms with E-state index in [-0.39, 0.29) is 24.5 Å². The summed E-state index contributed by atoms with van der Waals surface area (Å²) in [6, 6.07) is 1.81. The lowest BCUT2D eigenvalue weighted by molar-refractivity contribution is 0.0983. The minimum Gasteiger partial charge on any atom is -0.506 e. The highest BCUT2D eigenvalue weighted by atomic mass is 35.5. The largest absolute Gasteiger partial charge is 0.506 e. The van der Waals surface area contributed by atoms with Gasteiger partial charge in [-0.25, -0.2) is 0 Å². The number of phenols is 1. The average molecular weight is 268 g/mol. The standard InChI is InChI=1S/C14H18ClNO2/c15-13-10-5-3-1-2-4-9(10)8-11(14(13)18)12(17)6-7-16/h8,18H,1-7,16H2. The third-order valence-corrected chi connectivity index (χ3v) is 3.89. The number of hydrogen-bond donors (Lipinski definition) is 2. The van der Waals surface area contributed by atoms with Crippen molar-refractivity contribution in [2.75, 3.05) is 6.54 Å². The second kappa shape index (κ2) is 5.72. The summed E-state index contributed by atoms with van der Waals surface area (Å²) in [5.41, 5.74) is 7.82. The Kier molecular flexibility index (Phi) is 4.25. The fourth-order valence-electron chi connectivity index (χ4n) is 2.50. The molecular weight excluding hydrogens is 250 g/mol. The first-order valence-electron chi connectivity index (χ1n) is 6.41. The summed E-state index contributed by atoms with van der Waals surface area (Å²) in [5.74, 6) is -0.209. The van der Waals surface area contributed by atoms with Crippen molar-refractivity contribution in [1.82, 2.24) is 0 Å². The second-order valence-corrected chi connectivity index (χ2v) is 5.12. The maximum Gasteiger partial charge on any atom is 0.167 e. The number of phenolic OH excluding ortho intramolecular Hbond substituents is 1. The number of benzene rings is 1. The molecule has 0 spiro atoms. The highest BCUT2D eigenvalue weighted by Gasteiger charge is 2.20. The van der Waals surface area contributed by atoms with E-state index in [4.69, 9.17) is 17.3 Å². The van der Waals surface area contributed by atoms with Crippen LogP contribution in [0.2, 0.25) is 5.02 Å². The number of nitrogens with two attached hydrogens (primary N) is 1. The first kappa shape index (κ1) is 13.4. The Bertz CT molecular complexity index is 471. The van der Waals surface area contributed by atoms with Crippen molar-refractivity contribution in [3.8, 4) is 5.75 Å². The Labute approximate surface area is 112 Å². The maximum absolute atomic E-state index is 11.9. The highest BCUT2D eigenvalue weighted by molar-refractivity contribution is 6.33. The Morgan fingerprint density at radius 1 is 1.33 bits per heavy atom. The van der Waals surface area contributed by atoms with Gasteiger partial charge in [0.25, 0.3) is 0 Å². The molecule has 0 unspecified atom stereocenters. The Morgan fingerprint density at radius 3 is 2.78 bits per heavy atom. The van der Waals surface area contributed by atoms with E-state index in [1.165, 1.54) is 0 Å². The summed E-state index contributed by atoms with van der Waals surface area (Å²) in [5, 5.41) is 10.4. The van der Waals surface area contributed by atoms with E-state index >= 15 is 0 Å². The van der Waals surface area contributed by atoms with Crippen molar-refractivity contribution in [3.05, 3.63) is 27.8 Å². The average Bonchev–Trinajstić information content (AvgIpc) is 2.59. The number of aromatic hydroxyl groups is 1. The van der Waals surface area contributed by atoms with Crippen LogP contribution in [0.15, 0.2) is 6.07 Å². The van der Waals surface area contributed by atoms with Crippen molar-refractivity contribution in [3.63, 3.8) is 0 Å². The van der Waals surface area contributed by atoms with Crippen LogP contribution < -0.4 is 5.73 Å². The number of Topliss-reactive ketones (excluding diaryl/α,β-unsaturated/α-hetero) is 1. The molecule has 0 amide bonds. The maximum atomic E-state index is 11.9. The van der Waals surface area contributed by atoms with Crippen LogP contribution in [0.3, 0.4) is 0 Å². The third-order valence-electron chi connectivity index (χ3n) is 3.48. The molecule has 0 atom stereocenters. The molecule has 1 aliphatic rings. The fraction of sp³-hybridized carbons (Fsp3) is 0.500. The molecule has 0 aromatic heterocycles. The zero-order valence-electron chi connectivity index (χ0n) is 10.3. The topological polar surface area (TPSA) is 63.3 Å². The number of halogens is 1. The molecule has 1 aromatic carbocycles. The van der Waals surface area contributed by atoms with Gasteiger partial charge in [-0.3, -0.25) is 4.79 Å². The zero-order valence-corrected chi connectivity index (χ0v) is 11.1. The predicted octanol–water partition coefficient (Wildman–Crippen LogP) is 2.85. The van der Waals surface area contributed by atoms with E-state index < -0.39 is 0 Å². The smallest absolute Gasteiger partial charge is 0.167 e. The highest BCUT2D eigenvalue weighted by Crippen LogP contribution is 2.37. The number of hydrogen-bond acceptors (Lipinski definition) is 3. The minimum atomic E-state index is -0.135. The van der Waals surface area contributed by atoms with Crippen molar-refractivity contribution in [1.29, 1.82) is 0 Å². The molecular formula is C14H18ClNO2. The summed E-state index contributed by atoms with van der Waals surface area (Å²) in [7, 11) is 0. The lowest BCUT2D eigenvalue weighted by Crippen LogP contribution is -2.09. The monoisotopic (exact) mass is 267 g/mol. The van der Waals surface area contributed by atoms with Crippen molar-refractivity contribution >= 4 is 17.4 Å². The van der Waals surface area contributed by atoms with Gasteiger partial charge < -0.3 is 10.8 Å². The van der Waals surface area contributed by atoms with E-state index in [1.807, 2.05) is 0 Å². The molecule has 0 aliphatic heterocycles. The third kappa shape index (κ3) is 2.52. The van der Waals surface area contributed by atoms with Crippen LogP contribution in [0.4, 0.5) is 0 Å². The number of aryl methyl sites for hydroxylation is 1. The molecule has 3 nitrogen and oxygen atoms in total. The van der Waals surface area contributed by atoms with Crippen LogP contribution in [0.5, 0.6) is 5.75 Å². The molecule has 0 bridgehead atoms. The second-order valence-electron chi connectivity index (χ2n) is 4.75. The molecule has 1 aliphatic carbocycles. The summed E-state index contributed by atoms with van der Waals surface area (Å²) < 4.78 is 0. The summed E-state index contributed by atoms with van der Waals surface area (Å²) in [6.45, 7) is 0.285. The summed E-state index contributed by atoms with van der Waals surface area (Å²) >= 11 is 6.20. The van der Waals surface area contributed by atoms with E-state index in [0.29, 0.717) is 10.6 Å². The molecule has 2 rings (SSSR count). The van der Waals surface area contributed by atoms with Crippen molar-refractivity contribution in [2.45, 2.75) is 38.5 Å². The Hall–Kier alpha value is -1.06. The van der Waals surface area contributed by atoms with Gasteiger partial charge in [-0.1, -0.05) is 18.0 Å². The van der Waals surface area contributed by atoms with Gasteiger partial charge >= 0.3 is 0 Å². The molecule has 0 heterocycles. The van der Waals surface area contributed by atoms with Gasteiger partial charge in [0, 0.05) is 6.42 Å². The SMILES string of the molecule is NCCC(=O)c1cc2c(c(Cl)c1O)CCCCC2. The molecule has 18 heavy (non-hydrogen) atoms. The quantitative estimate of drug-likeness (QED) is 0.654. The molecule has 0 saturated heterocycles. The van der Waals surface area contributed by atoms with Crippen molar-refractivity contribution < 1.29 is 9.90 Å². The summed E-state index contributed by atoms with van der Waals surface area (Å²) in [6.07, 6.45) is 5.41. The van der Waals surface area contributed by atoms with E-state index in [2.05, 4.69) is 0 Å². The van der Waals surface area contributed by atoms with Gasteiger partial charge in [0.2, 0.25) is 0 Å². The number of carbonyl (C=O) groups is 1. The van der Waals surface area contributed by atoms with E-state index in [1.54, 1.807) is 6.07 Å². The molecule has 0 saturated carbocycles. The van der Waals surface area contributed by atoms with E-state index in [9.17, 15) is 9.90 Å². The molecule has 0 fully saturated rings. The number of ketones is 1. The van der Waals surface area contributed by atoms with Crippen LogP contribution in [0.1, 0.15) is 47.2 Å². The van der Waals surface area contributed by atoms with Gasteiger partial charge in [-0.05, 0) is 49.4 Å². The van der Waals surface area contributed by atoms with Crippen LogP contribution in [-0.2, 0) is 12.8 Å². The van der Waals surface area contributed by atoms with E-state index in [0.717, 1.165) is 43.2 Å². The van der Waals surface area contributed by atoms with Crippen molar-refractivity contribution in [2.24, 2.45) is 5.73 Å². The molecule has 1 aromatic rings. The molecule has 3 N–H and O–H groups in total. The summed E-state index contributed by atoms with van der Waals surface area (Å²) in [4.78, 5) is 11.9. The number of fused-ring (bicyclic) bond motifs is 1. The number of carbonyl (C=O) groups excluding carboxylic acids is 1. The van der Waals surface area contributed by atoms with Gasteiger partial charge in [0.05, 0.1) is 10.6 Å². The normalized spacial score (nSPS) is 15.0.